The van der Waals surface area contributed by atoms with Crippen LogP contribution in [0.3, 0.4) is 0 Å². The van der Waals surface area contributed by atoms with Gasteiger partial charge in [0.25, 0.3) is 0 Å². The Bertz CT molecular complexity index is 173. The van der Waals surface area contributed by atoms with Gasteiger partial charge in [0.15, 0.2) is 0 Å². The minimum atomic E-state index is 0.0488. The zero-order valence-corrected chi connectivity index (χ0v) is 9.61. The highest BCUT2D eigenvalue weighted by Crippen LogP contribution is 2.25. The number of aliphatic hydroxyl groups excluding tert-OH is 1. The molecule has 0 radical (unpaired) electrons. The van der Waals surface area contributed by atoms with Gasteiger partial charge >= 0.3 is 0 Å². The zero-order valence-electron chi connectivity index (χ0n) is 9.61. The first-order valence-corrected chi connectivity index (χ1v) is 5.70. The van der Waals surface area contributed by atoms with Gasteiger partial charge in [0.1, 0.15) is 0 Å². The highest BCUT2D eigenvalue weighted by atomic mass is 16.3. The van der Waals surface area contributed by atoms with Gasteiger partial charge in [-0.3, -0.25) is 4.90 Å². The van der Waals surface area contributed by atoms with Gasteiger partial charge in [-0.05, 0) is 39.2 Å². The molecule has 1 aliphatic rings. The first-order valence-electron chi connectivity index (χ1n) is 5.70. The molecule has 0 aromatic heterocycles. The van der Waals surface area contributed by atoms with Crippen LogP contribution in [-0.2, 0) is 0 Å². The number of aliphatic hydroxyl groups is 1. The van der Waals surface area contributed by atoms with E-state index in [1.54, 1.807) is 0 Å². The standard InChI is InChI=1S/C11H24N2O/c1-8-5-4-6-13(10(8)3)11(7-14)9(2)12/h8-11,14H,4-7,12H2,1-3H3. The first kappa shape index (κ1) is 12.0. The Morgan fingerprint density at radius 1 is 1.50 bits per heavy atom. The molecule has 84 valence electrons. The van der Waals surface area contributed by atoms with Gasteiger partial charge in [0.05, 0.1) is 6.61 Å². The molecule has 1 heterocycles. The Balaban J connectivity index is 2.63. The van der Waals surface area contributed by atoms with E-state index >= 15 is 0 Å². The molecule has 4 atom stereocenters. The van der Waals surface area contributed by atoms with Crippen LogP contribution in [0.15, 0.2) is 0 Å². The highest BCUT2D eigenvalue weighted by molar-refractivity contribution is 4.87. The molecule has 0 aromatic rings. The molecule has 0 bridgehead atoms. The minimum absolute atomic E-state index is 0.0488. The van der Waals surface area contributed by atoms with Gasteiger partial charge < -0.3 is 10.8 Å². The molecule has 0 aromatic carbocycles. The van der Waals surface area contributed by atoms with Crippen molar-refractivity contribution in [1.29, 1.82) is 0 Å². The molecule has 1 aliphatic heterocycles. The molecular formula is C11H24N2O. The third-order valence-corrected chi connectivity index (χ3v) is 3.64. The van der Waals surface area contributed by atoms with Gasteiger partial charge in [0.2, 0.25) is 0 Å². The first-order chi connectivity index (χ1) is 6.57. The molecule has 1 saturated heterocycles. The van der Waals surface area contributed by atoms with E-state index in [0.29, 0.717) is 6.04 Å². The molecule has 0 amide bonds. The van der Waals surface area contributed by atoms with Gasteiger partial charge in [-0.1, -0.05) is 6.92 Å². The Kier molecular flexibility index (Phi) is 4.35. The zero-order chi connectivity index (χ0) is 10.7. The largest absolute Gasteiger partial charge is 0.395 e. The van der Waals surface area contributed by atoms with Crippen molar-refractivity contribution >= 4 is 0 Å². The molecule has 4 unspecified atom stereocenters. The molecule has 0 aliphatic carbocycles. The lowest BCUT2D eigenvalue weighted by Crippen LogP contribution is -2.55. The lowest BCUT2D eigenvalue weighted by molar-refractivity contribution is 0.0291. The number of nitrogens with two attached hydrogens (primary N) is 1. The Hall–Kier alpha value is -0.120. The van der Waals surface area contributed by atoms with Crippen LogP contribution < -0.4 is 5.73 Å². The molecule has 0 saturated carbocycles. The second kappa shape index (κ2) is 5.10. The maximum absolute atomic E-state index is 9.33. The quantitative estimate of drug-likeness (QED) is 0.709. The molecular weight excluding hydrogens is 176 g/mol. The number of piperidine rings is 1. The van der Waals surface area contributed by atoms with Crippen LogP contribution >= 0.6 is 0 Å². The third-order valence-electron chi connectivity index (χ3n) is 3.64. The van der Waals surface area contributed by atoms with Crippen LogP contribution in [0.25, 0.3) is 0 Å². The fourth-order valence-corrected chi connectivity index (χ4v) is 2.41. The van der Waals surface area contributed by atoms with Crippen molar-refractivity contribution < 1.29 is 5.11 Å². The maximum atomic E-state index is 9.33. The molecule has 1 fully saturated rings. The average Bonchev–Trinajstić information content (AvgIpc) is 2.13. The fraction of sp³-hybridized carbons (Fsp3) is 1.00. The summed E-state index contributed by atoms with van der Waals surface area (Å²) in [6, 6.07) is 0.729. The fourth-order valence-electron chi connectivity index (χ4n) is 2.41. The lowest BCUT2D eigenvalue weighted by Gasteiger charge is -2.43. The molecule has 14 heavy (non-hydrogen) atoms. The monoisotopic (exact) mass is 200 g/mol. The van der Waals surface area contributed by atoms with Crippen LogP contribution in [0, 0.1) is 5.92 Å². The van der Waals surface area contributed by atoms with Crippen molar-refractivity contribution in [3.05, 3.63) is 0 Å². The molecule has 1 rings (SSSR count). The number of rotatable bonds is 3. The predicted octanol–water partition coefficient (Wildman–Crippen LogP) is 0.815. The summed E-state index contributed by atoms with van der Waals surface area (Å²) in [6.45, 7) is 7.77. The minimum Gasteiger partial charge on any atom is -0.395 e. The van der Waals surface area contributed by atoms with Crippen LogP contribution in [0.2, 0.25) is 0 Å². The van der Waals surface area contributed by atoms with Crippen molar-refractivity contribution in [3.8, 4) is 0 Å². The highest BCUT2D eigenvalue weighted by Gasteiger charge is 2.31. The van der Waals surface area contributed by atoms with Crippen LogP contribution in [0.1, 0.15) is 33.6 Å². The Labute approximate surface area is 87.3 Å². The summed E-state index contributed by atoms with van der Waals surface area (Å²) in [7, 11) is 0. The predicted molar refractivity (Wildman–Crippen MR) is 59.1 cm³/mol. The normalized spacial score (nSPS) is 34.1. The van der Waals surface area contributed by atoms with Crippen molar-refractivity contribution in [1.82, 2.24) is 4.90 Å². The topological polar surface area (TPSA) is 49.5 Å². The van der Waals surface area contributed by atoms with E-state index in [-0.39, 0.29) is 18.7 Å². The van der Waals surface area contributed by atoms with Gasteiger partial charge in [-0.15, -0.1) is 0 Å². The van der Waals surface area contributed by atoms with Crippen LogP contribution in [0.5, 0.6) is 0 Å². The van der Waals surface area contributed by atoms with E-state index in [0.717, 1.165) is 12.5 Å². The van der Waals surface area contributed by atoms with Crippen molar-refractivity contribution in [2.75, 3.05) is 13.2 Å². The number of hydrogen-bond acceptors (Lipinski definition) is 3. The van der Waals surface area contributed by atoms with E-state index in [4.69, 9.17) is 5.73 Å². The van der Waals surface area contributed by atoms with E-state index in [2.05, 4.69) is 18.7 Å². The summed E-state index contributed by atoms with van der Waals surface area (Å²) >= 11 is 0. The number of hydrogen-bond donors (Lipinski definition) is 2. The van der Waals surface area contributed by atoms with E-state index in [1.165, 1.54) is 12.8 Å². The maximum Gasteiger partial charge on any atom is 0.0601 e. The van der Waals surface area contributed by atoms with Gasteiger partial charge in [-0.25, -0.2) is 0 Å². The van der Waals surface area contributed by atoms with Gasteiger partial charge in [0, 0.05) is 18.1 Å². The summed E-state index contributed by atoms with van der Waals surface area (Å²) in [5.41, 5.74) is 5.88. The van der Waals surface area contributed by atoms with Crippen molar-refractivity contribution in [3.63, 3.8) is 0 Å². The SMILES string of the molecule is CC(N)C(CO)N1CCCC(C)C1C. The number of nitrogens with zero attached hydrogens (tertiary/aromatic N) is 1. The molecule has 0 spiro atoms. The van der Waals surface area contributed by atoms with Gasteiger partial charge in [-0.2, -0.15) is 0 Å². The summed E-state index contributed by atoms with van der Waals surface area (Å²) in [5.74, 6) is 0.719. The van der Waals surface area contributed by atoms with Crippen LogP contribution in [0.4, 0.5) is 0 Å². The van der Waals surface area contributed by atoms with Crippen molar-refractivity contribution in [2.24, 2.45) is 11.7 Å². The molecule has 3 nitrogen and oxygen atoms in total. The summed E-state index contributed by atoms with van der Waals surface area (Å²) in [4.78, 5) is 2.37. The average molecular weight is 200 g/mol. The third kappa shape index (κ3) is 2.47. The molecule has 3 N–H and O–H groups in total. The molecule has 3 heteroatoms. The van der Waals surface area contributed by atoms with E-state index in [1.807, 2.05) is 6.92 Å². The second-order valence-electron chi connectivity index (χ2n) is 4.71. The Morgan fingerprint density at radius 3 is 2.64 bits per heavy atom. The van der Waals surface area contributed by atoms with Crippen LogP contribution in [-0.4, -0.2) is 41.3 Å². The summed E-state index contributed by atoms with van der Waals surface area (Å²) < 4.78 is 0. The van der Waals surface area contributed by atoms with E-state index < -0.39 is 0 Å². The van der Waals surface area contributed by atoms with E-state index in [9.17, 15) is 5.11 Å². The van der Waals surface area contributed by atoms with Crippen molar-refractivity contribution in [2.45, 2.75) is 51.7 Å². The smallest absolute Gasteiger partial charge is 0.0601 e. The number of likely N-dealkylation sites (tertiary alicyclic amines) is 1. The summed E-state index contributed by atoms with van der Waals surface area (Å²) in [5, 5.41) is 9.33. The Morgan fingerprint density at radius 2 is 2.14 bits per heavy atom. The second-order valence-corrected chi connectivity index (χ2v) is 4.71. The lowest BCUT2D eigenvalue weighted by atomic mass is 9.90. The summed E-state index contributed by atoms with van der Waals surface area (Å²) in [6.07, 6.45) is 2.53.